The number of rotatable bonds is 5. The lowest BCUT2D eigenvalue weighted by Gasteiger charge is -2.23. The van der Waals surface area contributed by atoms with Crippen molar-refractivity contribution in [2.24, 2.45) is 0 Å². The lowest BCUT2D eigenvalue weighted by Crippen LogP contribution is -2.41. The molecule has 120 valence electrons. The number of ether oxygens (including phenoxy) is 2. The van der Waals surface area contributed by atoms with Crippen LogP contribution in [0, 0.1) is 0 Å². The topological polar surface area (TPSA) is 55.8 Å². The number of hydrogen-bond donors (Lipinski definition) is 0. The fourth-order valence-electron chi connectivity index (χ4n) is 2.63. The van der Waals surface area contributed by atoms with E-state index in [1.54, 1.807) is 29.8 Å². The van der Waals surface area contributed by atoms with Crippen LogP contribution in [-0.2, 0) is 14.3 Å². The van der Waals surface area contributed by atoms with Crippen LogP contribution >= 0.6 is 11.8 Å². The predicted molar refractivity (Wildman–Crippen MR) is 85.1 cm³/mol. The standard InChI is InChI=1S/C16H21NO4S/c1-4-22-14-8-6-5-7-12(14)15(18)17-10-11(20-2)9-13(17)16(19)21-3/h5-8,11,13H,4,9-10H2,1-3H3/t11-,13+/m0/s1. The van der Waals surface area contributed by atoms with Gasteiger partial charge >= 0.3 is 5.97 Å². The highest BCUT2D eigenvalue weighted by Crippen LogP contribution is 2.28. The van der Waals surface area contributed by atoms with Gasteiger partial charge < -0.3 is 14.4 Å². The van der Waals surface area contributed by atoms with Crippen molar-refractivity contribution in [3.8, 4) is 0 Å². The number of carbonyl (C=O) groups excluding carboxylic acids is 2. The van der Waals surface area contributed by atoms with Crippen LogP contribution in [-0.4, -0.2) is 55.4 Å². The third kappa shape index (κ3) is 3.44. The Morgan fingerprint density at radius 3 is 2.68 bits per heavy atom. The number of thioether (sulfide) groups is 1. The molecule has 0 aromatic heterocycles. The molecule has 0 spiro atoms. The number of carbonyl (C=O) groups is 2. The summed E-state index contributed by atoms with van der Waals surface area (Å²) in [7, 11) is 2.93. The Balaban J connectivity index is 2.28. The zero-order valence-electron chi connectivity index (χ0n) is 13.1. The first-order chi connectivity index (χ1) is 10.6. The molecular formula is C16H21NO4S. The molecular weight excluding hydrogens is 302 g/mol. The third-order valence-corrected chi connectivity index (χ3v) is 4.70. The van der Waals surface area contributed by atoms with Gasteiger partial charge in [-0.1, -0.05) is 19.1 Å². The van der Waals surface area contributed by atoms with E-state index in [1.807, 2.05) is 25.1 Å². The Kier molecular flexibility index (Phi) is 5.85. The summed E-state index contributed by atoms with van der Waals surface area (Å²) in [5.41, 5.74) is 0.625. The first kappa shape index (κ1) is 16.8. The van der Waals surface area contributed by atoms with Crippen LogP contribution in [0.2, 0.25) is 0 Å². The summed E-state index contributed by atoms with van der Waals surface area (Å²) in [5, 5.41) is 0. The average Bonchev–Trinajstić information content (AvgIpc) is 2.98. The van der Waals surface area contributed by atoms with E-state index in [4.69, 9.17) is 9.47 Å². The van der Waals surface area contributed by atoms with Gasteiger partial charge in [0.15, 0.2) is 0 Å². The molecule has 0 saturated carbocycles. The van der Waals surface area contributed by atoms with E-state index in [0.717, 1.165) is 10.6 Å². The zero-order valence-corrected chi connectivity index (χ0v) is 13.9. The first-order valence-electron chi connectivity index (χ1n) is 7.25. The van der Waals surface area contributed by atoms with Gasteiger partial charge in [-0.2, -0.15) is 0 Å². The van der Waals surface area contributed by atoms with Gasteiger partial charge in [0.05, 0.1) is 18.8 Å². The number of amides is 1. The SMILES string of the molecule is CCSc1ccccc1C(=O)N1C[C@@H](OC)C[C@@H]1C(=O)OC. The molecule has 1 aliphatic rings. The van der Waals surface area contributed by atoms with Crippen LogP contribution < -0.4 is 0 Å². The van der Waals surface area contributed by atoms with Gasteiger partial charge in [0.2, 0.25) is 0 Å². The molecule has 0 bridgehead atoms. The average molecular weight is 323 g/mol. The lowest BCUT2D eigenvalue weighted by atomic mass is 10.1. The van der Waals surface area contributed by atoms with Crippen LogP contribution in [0.5, 0.6) is 0 Å². The number of nitrogens with zero attached hydrogens (tertiary/aromatic N) is 1. The number of methoxy groups -OCH3 is 2. The molecule has 0 unspecified atom stereocenters. The van der Waals surface area contributed by atoms with Gasteiger partial charge in [-0.3, -0.25) is 4.79 Å². The third-order valence-electron chi connectivity index (χ3n) is 3.75. The maximum atomic E-state index is 12.9. The summed E-state index contributed by atoms with van der Waals surface area (Å²) < 4.78 is 10.2. The Morgan fingerprint density at radius 2 is 2.05 bits per heavy atom. The second kappa shape index (κ2) is 7.65. The minimum Gasteiger partial charge on any atom is -0.467 e. The molecule has 1 fully saturated rings. The number of likely N-dealkylation sites (tertiary alicyclic amines) is 1. The van der Waals surface area contributed by atoms with Crippen molar-refractivity contribution in [1.82, 2.24) is 4.90 Å². The lowest BCUT2D eigenvalue weighted by molar-refractivity contribution is -0.145. The maximum Gasteiger partial charge on any atom is 0.328 e. The van der Waals surface area contributed by atoms with Crippen molar-refractivity contribution >= 4 is 23.6 Å². The quantitative estimate of drug-likeness (QED) is 0.614. The van der Waals surface area contributed by atoms with Crippen molar-refractivity contribution in [2.45, 2.75) is 30.4 Å². The predicted octanol–water partition coefficient (Wildman–Crippen LogP) is 2.20. The summed E-state index contributed by atoms with van der Waals surface area (Å²) in [6, 6.07) is 6.90. The molecule has 2 atom stereocenters. The van der Waals surface area contributed by atoms with E-state index in [-0.39, 0.29) is 12.0 Å². The van der Waals surface area contributed by atoms with Gasteiger partial charge in [0, 0.05) is 25.0 Å². The van der Waals surface area contributed by atoms with Crippen LogP contribution in [0.1, 0.15) is 23.7 Å². The van der Waals surface area contributed by atoms with Crippen molar-refractivity contribution in [1.29, 1.82) is 0 Å². The van der Waals surface area contributed by atoms with E-state index in [2.05, 4.69) is 0 Å². The number of hydrogen-bond acceptors (Lipinski definition) is 5. The monoisotopic (exact) mass is 323 g/mol. The van der Waals surface area contributed by atoms with Gasteiger partial charge in [-0.15, -0.1) is 11.8 Å². The molecule has 2 rings (SSSR count). The molecule has 1 saturated heterocycles. The fraction of sp³-hybridized carbons (Fsp3) is 0.500. The van der Waals surface area contributed by atoms with Crippen LogP contribution in [0.3, 0.4) is 0 Å². The maximum absolute atomic E-state index is 12.9. The Labute approximate surface area is 135 Å². The minimum atomic E-state index is -0.581. The van der Waals surface area contributed by atoms with Crippen molar-refractivity contribution in [2.75, 3.05) is 26.5 Å². The van der Waals surface area contributed by atoms with E-state index < -0.39 is 12.0 Å². The molecule has 1 amide bonds. The largest absolute Gasteiger partial charge is 0.467 e. The van der Waals surface area contributed by atoms with Crippen LogP contribution in [0.15, 0.2) is 29.2 Å². The highest BCUT2D eigenvalue weighted by Gasteiger charge is 2.41. The molecule has 1 heterocycles. The second-order valence-corrected chi connectivity index (χ2v) is 6.32. The molecule has 0 radical (unpaired) electrons. The number of esters is 1. The zero-order chi connectivity index (χ0) is 16.1. The highest BCUT2D eigenvalue weighted by atomic mass is 32.2. The Morgan fingerprint density at radius 1 is 1.32 bits per heavy atom. The minimum absolute atomic E-state index is 0.140. The van der Waals surface area contributed by atoms with Crippen LogP contribution in [0.4, 0.5) is 0 Å². The molecule has 1 aliphatic heterocycles. The Bertz CT molecular complexity index is 549. The summed E-state index contributed by atoms with van der Waals surface area (Å²) in [6.45, 7) is 2.44. The summed E-state index contributed by atoms with van der Waals surface area (Å²) in [6.07, 6.45) is 0.330. The molecule has 5 nitrogen and oxygen atoms in total. The van der Waals surface area contributed by atoms with Gasteiger partial charge in [-0.05, 0) is 17.9 Å². The van der Waals surface area contributed by atoms with E-state index in [1.165, 1.54) is 7.11 Å². The van der Waals surface area contributed by atoms with Crippen molar-refractivity contribution in [3.05, 3.63) is 29.8 Å². The van der Waals surface area contributed by atoms with Gasteiger partial charge in [0.25, 0.3) is 5.91 Å². The molecule has 6 heteroatoms. The first-order valence-corrected chi connectivity index (χ1v) is 8.24. The number of benzene rings is 1. The summed E-state index contributed by atoms with van der Waals surface area (Å²) in [5.74, 6) is 0.339. The molecule has 0 aliphatic carbocycles. The van der Waals surface area contributed by atoms with E-state index in [9.17, 15) is 9.59 Å². The van der Waals surface area contributed by atoms with Crippen LogP contribution in [0.25, 0.3) is 0 Å². The molecule has 1 aromatic carbocycles. The van der Waals surface area contributed by atoms with E-state index in [0.29, 0.717) is 18.5 Å². The van der Waals surface area contributed by atoms with Gasteiger partial charge in [0.1, 0.15) is 6.04 Å². The summed E-state index contributed by atoms with van der Waals surface area (Å²) in [4.78, 5) is 27.3. The molecule has 1 aromatic rings. The van der Waals surface area contributed by atoms with Gasteiger partial charge in [-0.25, -0.2) is 4.79 Å². The van der Waals surface area contributed by atoms with Crippen molar-refractivity contribution < 1.29 is 19.1 Å². The Hall–Kier alpha value is -1.53. The van der Waals surface area contributed by atoms with Crippen molar-refractivity contribution in [3.63, 3.8) is 0 Å². The fourth-order valence-corrected chi connectivity index (χ4v) is 3.43. The highest BCUT2D eigenvalue weighted by molar-refractivity contribution is 7.99. The normalized spacial score (nSPS) is 21.0. The van der Waals surface area contributed by atoms with E-state index >= 15 is 0 Å². The molecule has 22 heavy (non-hydrogen) atoms. The molecule has 0 N–H and O–H groups in total. The second-order valence-electron chi connectivity index (χ2n) is 5.02. The summed E-state index contributed by atoms with van der Waals surface area (Å²) >= 11 is 1.62. The smallest absolute Gasteiger partial charge is 0.328 e.